The molecule has 0 radical (unpaired) electrons. The SMILES string of the molecule is O=C(O)c1ccc2c(c1)C(CNC1CCCC13CCC3)CCC2. The number of hydrogen-bond donors (Lipinski definition) is 2. The number of carboxylic acids is 1. The fraction of sp³-hybridized carbons (Fsp3) is 0.650. The molecule has 2 N–H and O–H groups in total. The molecule has 0 heterocycles. The maximum atomic E-state index is 11.3. The van der Waals surface area contributed by atoms with Crippen molar-refractivity contribution in [3.63, 3.8) is 0 Å². The Bertz CT molecular complexity index is 606. The van der Waals surface area contributed by atoms with E-state index in [0.717, 1.165) is 13.0 Å². The zero-order valence-electron chi connectivity index (χ0n) is 13.8. The summed E-state index contributed by atoms with van der Waals surface area (Å²) >= 11 is 0. The molecule has 3 aliphatic rings. The molecule has 23 heavy (non-hydrogen) atoms. The number of carbonyl (C=O) groups is 1. The van der Waals surface area contributed by atoms with Gasteiger partial charge in [0.15, 0.2) is 0 Å². The minimum absolute atomic E-state index is 0.437. The number of benzene rings is 1. The van der Waals surface area contributed by atoms with Gasteiger partial charge in [0.2, 0.25) is 0 Å². The molecule has 0 aliphatic heterocycles. The van der Waals surface area contributed by atoms with Gasteiger partial charge < -0.3 is 10.4 Å². The number of hydrogen-bond acceptors (Lipinski definition) is 2. The Hall–Kier alpha value is -1.35. The maximum absolute atomic E-state index is 11.3. The number of carboxylic acid groups (broad SMARTS) is 1. The topological polar surface area (TPSA) is 49.3 Å². The summed E-state index contributed by atoms with van der Waals surface area (Å²) in [5.41, 5.74) is 3.69. The first-order valence-corrected chi connectivity index (χ1v) is 9.27. The predicted molar refractivity (Wildman–Crippen MR) is 91.0 cm³/mol. The number of fused-ring (bicyclic) bond motifs is 1. The van der Waals surface area contributed by atoms with Crippen molar-refractivity contribution in [2.24, 2.45) is 5.41 Å². The van der Waals surface area contributed by atoms with Gasteiger partial charge in [0.1, 0.15) is 0 Å². The number of rotatable bonds is 4. The Balaban J connectivity index is 1.48. The first-order valence-electron chi connectivity index (χ1n) is 9.27. The average Bonchev–Trinajstić information content (AvgIpc) is 2.96. The molecule has 1 aromatic rings. The molecule has 0 saturated heterocycles. The molecular formula is C20H27NO2. The van der Waals surface area contributed by atoms with Crippen molar-refractivity contribution in [2.45, 2.75) is 69.7 Å². The van der Waals surface area contributed by atoms with Crippen LogP contribution in [0.25, 0.3) is 0 Å². The van der Waals surface area contributed by atoms with Crippen LogP contribution in [0, 0.1) is 5.41 Å². The van der Waals surface area contributed by atoms with Gasteiger partial charge in [0.05, 0.1) is 5.56 Å². The fourth-order valence-electron chi connectivity index (χ4n) is 5.21. The van der Waals surface area contributed by atoms with Gasteiger partial charge in [0, 0.05) is 12.6 Å². The van der Waals surface area contributed by atoms with Gasteiger partial charge in [-0.25, -0.2) is 4.79 Å². The summed E-state index contributed by atoms with van der Waals surface area (Å²) in [7, 11) is 0. The van der Waals surface area contributed by atoms with Crippen LogP contribution in [0.4, 0.5) is 0 Å². The van der Waals surface area contributed by atoms with E-state index in [4.69, 9.17) is 0 Å². The summed E-state index contributed by atoms with van der Waals surface area (Å²) in [5, 5.41) is 13.2. The van der Waals surface area contributed by atoms with E-state index in [2.05, 4.69) is 5.32 Å². The highest BCUT2D eigenvalue weighted by Crippen LogP contribution is 2.53. The summed E-state index contributed by atoms with van der Waals surface area (Å²) in [6, 6.07) is 6.42. The molecule has 2 atom stereocenters. The summed E-state index contributed by atoms with van der Waals surface area (Å²) < 4.78 is 0. The molecule has 2 unspecified atom stereocenters. The molecular weight excluding hydrogens is 286 g/mol. The first-order chi connectivity index (χ1) is 11.2. The van der Waals surface area contributed by atoms with Crippen LogP contribution in [0.5, 0.6) is 0 Å². The Labute approximate surface area is 138 Å². The standard InChI is InChI=1S/C20H27NO2/c22-19(23)15-8-7-14-4-1-5-16(17(14)12-15)13-21-18-6-2-9-20(18)10-3-11-20/h7-8,12,16,18,21H,1-6,9-11,13H2,(H,22,23). The van der Waals surface area contributed by atoms with Crippen LogP contribution < -0.4 is 5.32 Å². The predicted octanol–water partition coefficient (Wildman–Crippen LogP) is 4.12. The van der Waals surface area contributed by atoms with Crippen molar-refractivity contribution < 1.29 is 9.90 Å². The van der Waals surface area contributed by atoms with Crippen LogP contribution in [0.1, 0.15) is 78.8 Å². The lowest BCUT2D eigenvalue weighted by molar-refractivity contribution is 0.0696. The van der Waals surface area contributed by atoms with E-state index in [1.807, 2.05) is 12.1 Å². The number of aryl methyl sites for hydroxylation is 1. The summed E-state index contributed by atoms with van der Waals surface area (Å²) in [4.78, 5) is 11.3. The molecule has 0 amide bonds. The average molecular weight is 313 g/mol. The molecule has 1 aromatic carbocycles. The Morgan fingerprint density at radius 3 is 2.74 bits per heavy atom. The zero-order valence-corrected chi connectivity index (χ0v) is 13.8. The molecule has 3 heteroatoms. The normalized spacial score (nSPS) is 28.3. The molecule has 2 saturated carbocycles. The van der Waals surface area contributed by atoms with E-state index in [-0.39, 0.29) is 0 Å². The van der Waals surface area contributed by atoms with Gasteiger partial charge in [0.25, 0.3) is 0 Å². The quantitative estimate of drug-likeness (QED) is 0.879. The molecule has 4 rings (SSSR count). The highest BCUT2D eigenvalue weighted by atomic mass is 16.4. The Morgan fingerprint density at radius 2 is 2.00 bits per heavy atom. The maximum Gasteiger partial charge on any atom is 0.335 e. The molecule has 2 fully saturated rings. The summed E-state index contributed by atoms with van der Waals surface area (Å²) in [6.45, 7) is 1.02. The van der Waals surface area contributed by atoms with Crippen LogP contribution >= 0.6 is 0 Å². The van der Waals surface area contributed by atoms with Gasteiger partial charge in [-0.15, -0.1) is 0 Å². The second-order valence-electron chi connectivity index (χ2n) is 7.88. The molecule has 1 spiro atoms. The minimum atomic E-state index is -0.811. The Kier molecular flexibility index (Phi) is 3.92. The molecule has 0 bridgehead atoms. The smallest absolute Gasteiger partial charge is 0.335 e. The lowest BCUT2D eigenvalue weighted by Gasteiger charge is -2.44. The molecule has 3 aliphatic carbocycles. The molecule has 3 nitrogen and oxygen atoms in total. The second kappa shape index (κ2) is 5.94. The third-order valence-corrected chi connectivity index (χ3v) is 6.70. The summed E-state index contributed by atoms with van der Waals surface area (Å²) in [6.07, 6.45) is 11.9. The van der Waals surface area contributed by atoms with E-state index in [0.29, 0.717) is 22.9 Å². The van der Waals surface area contributed by atoms with Crippen LogP contribution in [0.2, 0.25) is 0 Å². The van der Waals surface area contributed by atoms with Gasteiger partial charge in [-0.1, -0.05) is 18.9 Å². The zero-order chi connectivity index (χ0) is 15.9. The van der Waals surface area contributed by atoms with Crippen molar-refractivity contribution in [1.29, 1.82) is 0 Å². The van der Waals surface area contributed by atoms with Crippen molar-refractivity contribution >= 4 is 5.97 Å². The highest BCUT2D eigenvalue weighted by Gasteiger charge is 2.46. The van der Waals surface area contributed by atoms with Crippen LogP contribution in [-0.2, 0) is 6.42 Å². The van der Waals surface area contributed by atoms with Crippen molar-refractivity contribution in [3.8, 4) is 0 Å². The van der Waals surface area contributed by atoms with Crippen LogP contribution in [0.3, 0.4) is 0 Å². The van der Waals surface area contributed by atoms with Crippen molar-refractivity contribution in [2.75, 3.05) is 6.54 Å². The number of nitrogens with one attached hydrogen (secondary N) is 1. The first kappa shape index (κ1) is 15.2. The second-order valence-corrected chi connectivity index (χ2v) is 7.88. The largest absolute Gasteiger partial charge is 0.478 e. The Morgan fingerprint density at radius 1 is 1.17 bits per heavy atom. The summed E-state index contributed by atoms with van der Waals surface area (Å²) in [5.74, 6) is -0.329. The van der Waals surface area contributed by atoms with Gasteiger partial charge in [-0.05, 0) is 79.5 Å². The van der Waals surface area contributed by atoms with Gasteiger partial charge >= 0.3 is 5.97 Å². The molecule has 124 valence electrons. The van der Waals surface area contributed by atoms with Crippen molar-refractivity contribution in [3.05, 3.63) is 34.9 Å². The van der Waals surface area contributed by atoms with E-state index in [1.54, 1.807) is 6.07 Å². The monoisotopic (exact) mass is 313 g/mol. The third kappa shape index (κ3) is 2.69. The van der Waals surface area contributed by atoms with E-state index < -0.39 is 5.97 Å². The lowest BCUT2D eigenvalue weighted by atomic mass is 9.65. The minimum Gasteiger partial charge on any atom is -0.478 e. The van der Waals surface area contributed by atoms with E-state index >= 15 is 0 Å². The third-order valence-electron chi connectivity index (χ3n) is 6.70. The van der Waals surface area contributed by atoms with Gasteiger partial charge in [-0.2, -0.15) is 0 Å². The van der Waals surface area contributed by atoms with E-state index in [1.165, 1.54) is 62.5 Å². The number of aromatic carboxylic acids is 1. The highest BCUT2D eigenvalue weighted by molar-refractivity contribution is 5.88. The van der Waals surface area contributed by atoms with Crippen molar-refractivity contribution in [1.82, 2.24) is 5.32 Å². The van der Waals surface area contributed by atoms with E-state index in [9.17, 15) is 9.90 Å². The van der Waals surface area contributed by atoms with Crippen LogP contribution in [-0.4, -0.2) is 23.7 Å². The fourth-order valence-corrected chi connectivity index (χ4v) is 5.21. The molecule has 0 aromatic heterocycles. The van der Waals surface area contributed by atoms with Gasteiger partial charge in [-0.3, -0.25) is 0 Å². The lowest BCUT2D eigenvalue weighted by Crippen LogP contribution is -2.47. The van der Waals surface area contributed by atoms with Crippen LogP contribution in [0.15, 0.2) is 18.2 Å².